The fourth-order valence-electron chi connectivity index (χ4n) is 4.41. The quantitative estimate of drug-likeness (QED) is 0.370. The first-order chi connectivity index (χ1) is 17.4. The first-order valence-electron chi connectivity index (χ1n) is 11.7. The van der Waals surface area contributed by atoms with Gasteiger partial charge in [0.25, 0.3) is 0 Å². The minimum absolute atomic E-state index is 0.0418. The Morgan fingerprint density at radius 3 is 2.00 bits per heavy atom. The van der Waals surface area contributed by atoms with Crippen molar-refractivity contribution in [2.75, 3.05) is 7.11 Å². The molecule has 188 valence electrons. The molecule has 0 bridgehead atoms. The number of hydrogen-bond donors (Lipinski definition) is 0. The summed E-state index contributed by atoms with van der Waals surface area (Å²) in [5.74, 6) is -0.762. The molecule has 1 unspecified atom stereocenters. The number of imidazole rings is 1. The maximum atomic E-state index is 13.4. The first kappa shape index (κ1) is 25.0. The van der Waals surface area contributed by atoms with E-state index in [1.165, 1.54) is 22.9 Å². The molecular formula is C27H29N3O6. The largest absolute Gasteiger partial charge is 0.467 e. The Kier molecular flexibility index (Phi) is 7.68. The lowest BCUT2D eigenvalue weighted by atomic mass is 9.89. The molecule has 0 fully saturated rings. The highest BCUT2D eigenvalue weighted by molar-refractivity contribution is 5.83. The Labute approximate surface area is 209 Å². The van der Waals surface area contributed by atoms with Gasteiger partial charge in [-0.05, 0) is 17.0 Å². The van der Waals surface area contributed by atoms with E-state index >= 15 is 0 Å². The highest BCUT2D eigenvalue weighted by atomic mass is 16.6. The van der Waals surface area contributed by atoms with Crippen molar-refractivity contribution >= 4 is 18.2 Å². The maximum absolute atomic E-state index is 13.4. The number of carbonyl (C=O) groups is 3. The third kappa shape index (κ3) is 5.25. The molecule has 2 aromatic carbocycles. The van der Waals surface area contributed by atoms with Gasteiger partial charge in [0.05, 0.1) is 24.5 Å². The van der Waals surface area contributed by atoms with E-state index in [4.69, 9.17) is 14.2 Å². The number of esters is 1. The van der Waals surface area contributed by atoms with E-state index in [0.29, 0.717) is 11.4 Å². The van der Waals surface area contributed by atoms with Crippen LogP contribution in [0.25, 0.3) is 0 Å². The van der Waals surface area contributed by atoms with E-state index in [-0.39, 0.29) is 25.6 Å². The van der Waals surface area contributed by atoms with Crippen molar-refractivity contribution < 1.29 is 28.6 Å². The van der Waals surface area contributed by atoms with Gasteiger partial charge in [0.2, 0.25) is 0 Å². The van der Waals surface area contributed by atoms with Crippen LogP contribution in [0.15, 0.2) is 67.0 Å². The molecule has 0 saturated heterocycles. The SMILES string of the molecule is COC(=O)[C@@H]1Cc2ncn(C(=O)OCc3ccccc3)c2C(C(C)C)N1C(=O)OCc1ccccc1. The number of benzene rings is 2. The molecule has 2 heterocycles. The second kappa shape index (κ2) is 11.1. The number of amides is 1. The fraction of sp³-hybridized carbons (Fsp3) is 0.333. The molecule has 0 spiro atoms. The molecule has 36 heavy (non-hydrogen) atoms. The van der Waals surface area contributed by atoms with Gasteiger partial charge in [-0.2, -0.15) is 0 Å². The third-order valence-electron chi connectivity index (χ3n) is 6.11. The average molecular weight is 492 g/mol. The van der Waals surface area contributed by atoms with Crippen LogP contribution in [0.2, 0.25) is 0 Å². The summed E-state index contributed by atoms with van der Waals surface area (Å²) in [6.45, 7) is 3.93. The van der Waals surface area contributed by atoms with Gasteiger partial charge in [-0.25, -0.2) is 23.9 Å². The van der Waals surface area contributed by atoms with E-state index in [0.717, 1.165) is 11.1 Å². The van der Waals surface area contributed by atoms with E-state index in [9.17, 15) is 14.4 Å². The summed E-state index contributed by atoms with van der Waals surface area (Å²) >= 11 is 0. The van der Waals surface area contributed by atoms with Crippen LogP contribution in [-0.4, -0.2) is 45.8 Å². The monoisotopic (exact) mass is 491 g/mol. The lowest BCUT2D eigenvalue weighted by Crippen LogP contribution is -2.53. The van der Waals surface area contributed by atoms with Gasteiger partial charge in [0, 0.05) is 6.42 Å². The summed E-state index contributed by atoms with van der Waals surface area (Å²) in [7, 11) is 1.27. The number of fused-ring (bicyclic) bond motifs is 1. The predicted molar refractivity (Wildman–Crippen MR) is 130 cm³/mol. The predicted octanol–water partition coefficient (Wildman–Crippen LogP) is 4.50. The Morgan fingerprint density at radius 2 is 1.47 bits per heavy atom. The van der Waals surface area contributed by atoms with Crippen LogP contribution in [-0.2, 0) is 38.6 Å². The van der Waals surface area contributed by atoms with Gasteiger partial charge < -0.3 is 14.2 Å². The molecule has 4 rings (SSSR count). The maximum Gasteiger partial charge on any atom is 0.419 e. The molecule has 3 aromatic rings. The minimum atomic E-state index is -0.943. The molecule has 1 amide bonds. The van der Waals surface area contributed by atoms with Crippen molar-refractivity contribution in [1.29, 1.82) is 0 Å². The van der Waals surface area contributed by atoms with Gasteiger partial charge in [-0.3, -0.25) is 4.90 Å². The van der Waals surface area contributed by atoms with Crippen LogP contribution in [0, 0.1) is 5.92 Å². The summed E-state index contributed by atoms with van der Waals surface area (Å²) in [5, 5.41) is 0. The van der Waals surface area contributed by atoms with Crippen molar-refractivity contribution in [3.05, 3.63) is 89.5 Å². The van der Waals surface area contributed by atoms with E-state index in [1.807, 2.05) is 74.5 Å². The Morgan fingerprint density at radius 1 is 0.917 bits per heavy atom. The van der Waals surface area contributed by atoms with Gasteiger partial charge in [-0.15, -0.1) is 0 Å². The molecule has 1 aliphatic heterocycles. The van der Waals surface area contributed by atoms with Crippen LogP contribution < -0.4 is 0 Å². The first-order valence-corrected chi connectivity index (χ1v) is 11.7. The van der Waals surface area contributed by atoms with Crippen LogP contribution in [0.5, 0.6) is 0 Å². The van der Waals surface area contributed by atoms with Crippen molar-refractivity contribution in [3.63, 3.8) is 0 Å². The smallest absolute Gasteiger partial charge is 0.419 e. The molecule has 0 N–H and O–H groups in total. The molecule has 1 aliphatic rings. The van der Waals surface area contributed by atoms with Crippen LogP contribution in [0.1, 0.15) is 42.4 Å². The van der Waals surface area contributed by atoms with Gasteiger partial charge in [-0.1, -0.05) is 74.5 Å². The second-order valence-corrected chi connectivity index (χ2v) is 8.87. The standard InChI is InChI=1S/C27H29N3O6/c1-18(2)23-24-21(28-17-29(24)26(32)35-15-19-10-6-4-7-11-19)14-22(25(31)34-3)30(23)27(33)36-16-20-12-8-5-9-13-20/h4-13,17-18,22-23H,14-16H2,1-3H3/t22-,23?/m0/s1. The summed E-state index contributed by atoms with van der Waals surface area (Å²) < 4.78 is 17.4. The Balaban J connectivity index is 1.63. The fourth-order valence-corrected chi connectivity index (χ4v) is 4.41. The molecule has 0 saturated carbocycles. The highest BCUT2D eigenvalue weighted by Crippen LogP contribution is 2.38. The van der Waals surface area contributed by atoms with Gasteiger partial charge in [0.1, 0.15) is 25.6 Å². The number of carbonyl (C=O) groups excluding carboxylic acids is 3. The molecule has 9 heteroatoms. The Bertz CT molecular complexity index is 1210. The highest BCUT2D eigenvalue weighted by Gasteiger charge is 2.46. The molecular weight excluding hydrogens is 462 g/mol. The molecule has 9 nitrogen and oxygen atoms in total. The topological polar surface area (TPSA) is 100.0 Å². The van der Waals surface area contributed by atoms with Crippen LogP contribution >= 0.6 is 0 Å². The van der Waals surface area contributed by atoms with Gasteiger partial charge in [0.15, 0.2) is 0 Å². The van der Waals surface area contributed by atoms with E-state index in [2.05, 4.69) is 4.98 Å². The number of aromatic nitrogens is 2. The summed E-state index contributed by atoms with van der Waals surface area (Å²) in [5.41, 5.74) is 2.69. The molecule has 0 radical (unpaired) electrons. The van der Waals surface area contributed by atoms with Crippen LogP contribution in [0.4, 0.5) is 9.59 Å². The van der Waals surface area contributed by atoms with Crippen molar-refractivity contribution in [1.82, 2.24) is 14.5 Å². The van der Waals surface area contributed by atoms with Gasteiger partial charge >= 0.3 is 18.2 Å². The van der Waals surface area contributed by atoms with E-state index < -0.39 is 30.2 Å². The number of nitrogens with zero attached hydrogens (tertiary/aromatic N) is 3. The van der Waals surface area contributed by atoms with Crippen molar-refractivity contribution in [2.24, 2.45) is 5.92 Å². The third-order valence-corrected chi connectivity index (χ3v) is 6.11. The number of methoxy groups -OCH3 is 1. The summed E-state index contributed by atoms with van der Waals surface area (Å²) in [6.07, 6.45) is 0.168. The normalized spacial score (nSPS) is 16.8. The summed E-state index contributed by atoms with van der Waals surface area (Å²) in [4.78, 5) is 44.9. The zero-order chi connectivity index (χ0) is 25.7. The van der Waals surface area contributed by atoms with Crippen LogP contribution in [0.3, 0.4) is 0 Å². The zero-order valence-corrected chi connectivity index (χ0v) is 20.5. The summed E-state index contributed by atoms with van der Waals surface area (Å²) in [6, 6.07) is 17.0. The number of ether oxygens (including phenoxy) is 3. The Hall–Kier alpha value is -4.14. The van der Waals surface area contributed by atoms with Crippen molar-refractivity contribution in [2.45, 2.75) is 45.6 Å². The minimum Gasteiger partial charge on any atom is -0.467 e. The molecule has 0 aliphatic carbocycles. The molecule has 2 atom stereocenters. The lowest BCUT2D eigenvalue weighted by Gasteiger charge is -2.41. The van der Waals surface area contributed by atoms with Crippen molar-refractivity contribution in [3.8, 4) is 0 Å². The number of rotatable bonds is 6. The molecule has 1 aromatic heterocycles. The second-order valence-electron chi connectivity index (χ2n) is 8.87. The average Bonchev–Trinajstić information content (AvgIpc) is 3.33. The zero-order valence-electron chi connectivity index (χ0n) is 20.5. The van der Waals surface area contributed by atoms with E-state index in [1.54, 1.807) is 0 Å². The lowest BCUT2D eigenvalue weighted by molar-refractivity contribution is -0.148. The number of hydrogen-bond acceptors (Lipinski definition) is 7.